The van der Waals surface area contributed by atoms with Crippen molar-refractivity contribution in [3.63, 3.8) is 0 Å². The minimum absolute atomic E-state index is 0. The van der Waals surface area contributed by atoms with Gasteiger partial charge >= 0.3 is 116 Å². The summed E-state index contributed by atoms with van der Waals surface area (Å²) in [7, 11) is 0. The van der Waals surface area contributed by atoms with Crippen LogP contribution in [-0.2, 0) is 6.42 Å². The van der Waals surface area contributed by atoms with Crippen molar-refractivity contribution in [2.24, 2.45) is 0 Å². The summed E-state index contributed by atoms with van der Waals surface area (Å²) in [5.41, 5.74) is -0.242. The summed E-state index contributed by atoms with van der Waals surface area (Å²) >= 11 is 0.984. The Kier molecular flexibility index (Phi) is 13.1. The molecule has 0 atom stereocenters. The van der Waals surface area contributed by atoms with Crippen molar-refractivity contribution in [3.05, 3.63) is 31.3 Å². The maximum absolute atomic E-state index is 10.8. The summed E-state index contributed by atoms with van der Waals surface area (Å²) in [6.45, 7) is 1.85. The second-order valence-corrected chi connectivity index (χ2v) is 2.95. The Morgan fingerprint density at radius 2 is 2.08 bits per heavy atom. The number of hydrogen-bond acceptors (Lipinski definition) is 3. The Bertz CT molecular complexity index is 314. The number of rotatable bonds is 2. The van der Waals surface area contributed by atoms with Crippen LogP contribution in [0.25, 0.3) is 0 Å². The van der Waals surface area contributed by atoms with Crippen molar-refractivity contribution in [1.29, 1.82) is 0 Å². The molecule has 1 rings (SSSR count). The largest absolute Gasteiger partial charge is 1.00 e. The molecule has 0 radical (unpaired) electrons. The molecule has 3 nitrogen and oxygen atoms in total. The van der Waals surface area contributed by atoms with E-state index in [1.54, 1.807) is 0 Å². The summed E-state index contributed by atoms with van der Waals surface area (Å²) in [6.07, 6.45) is 2.43. The van der Waals surface area contributed by atoms with Crippen LogP contribution in [0.3, 0.4) is 0 Å². The van der Waals surface area contributed by atoms with Gasteiger partial charge in [-0.15, -0.1) is 4.88 Å². The smallest absolute Gasteiger partial charge is 0.374 e. The molecule has 1 aromatic rings. The van der Waals surface area contributed by atoms with Crippen LogP contribution in [-0.4, -0.2) is 4.98 Å². The van der Waals surface area contributed by atoms with Gasteiger partial charge in [-0.3, -0.25) is 16.1 Å². The molecule has 1 heterocycles. The van der Waals surface area contributed by atoms with E-state index in [9.17, 15) is 9.59 Å². The Morgan fingerprint density at radius 1 is 1.50 bits per heavy atom. The van der Waals surface area contributed by atoms with Gasteiger partial charge in [0.1, 0.15) is 4.87 Å². The molecule has 0 amide bonds. The van der Waals surface area contributed by atoms with Crippen molar-refractivity contribution < 1.29 is 116 Å². The van der Waals surface area contributed by atoms with E-state index in [4.69, 9.17) is 0 Å². The van der Waals surface area contributed by atoms with Gasteiger partial charge in [0.15, 0.2) is 5.56 Å². The van der Waals surface area contributed by atoms with Gasteiger partial charge < -0.3 is 16.2 Å². The van der Waals surface area contributed by atoms with Crippen LogP contribution < -0.4 is 127 Å². The minimum Gasteiger partial charge on any atom is -0.374 e. The maximum atomic E-state index is 10.8. The molecule has 0 saturated carbocycles. The van der Waals surface area contributed by atoms with E-state index in [1.807, 2.05) is 13.3 Å². The SMILES string of the molecule is C[CH-]C[c-]1sc(=O)[nH]c1=O.[Rb+].[Rb+]. The fourth-order valence-corrected chi connectivity index (χ4v) is 1.43. The van der Waals surface area contributed by atoms with Gasteiger partial charge in [0.2, 0.25) is 0 Å². The first-order valence-corrected chi connectivity index (χ1v) is 3.72. The number of aromatic amines is 1. The van der Waals surface area contributed by atoms with Crippen molar-refractivity contribution >= 4 is 11.3 Å². The number of aromatic nitrogens is 1. The van der Waals surface area contributed by atoms with Gasteiger partial charge in [-0.05, 0) is 0 Å². The van der Waals surface area contributed by atoms with E-state index in [0.29, 0.717) is 11.3 Å². The zero-order chi connectivity index (χ0) is 7.56. The average Bonchev–Trinajstić information content (AvgIpc) is 2.13. The molecule has 0 fully saturated rings. The fraction of sp³-hybridized carbons (Fsp3) is 0.333. The molecule has 0 aromatic carbocycles. The Labute approximate surface area is 172 Å². The van der Waals surface area contributed by atoms with Gasteiger partial charge in [-0.25, -0.2) is 6.42 Å². The van der Waals surface area contributed by atoms with Gasteiger partial charge in [0.25, 0.3) is 0 Å². The molecule has 0 unspecified atom stereocenters. The Hall–Kier alpha value is 2.84. The van der Waals surface area contributed by atoms with Crippen molar-refractivity contribution in [2.75, 3.05) is 0 Å². The number of hydrogen-bond donors (Lipinski definition) is 1. The molecule has 0 spiro atoms. The van der Waals surface area contributed by atoms with Crippen LogP contribution >= 0.6 is 11.3 Å². The molecule has 0 aliphatic heterocycles. The van der Waals surface area contributed by atoms with Gasteiger partial charge in [0, 0.05) is 0 Å². The zero-order valence-corrected chi connectivity index (χ0v) is 18.2. The predicted molar refractivity (Wildman–Crippen MR) is 40.5 cm³/mol. The molecule has 12 heavy (non-hydrogen) atoms. The number of thiazole rings is 1. The number of H-pyrrole nitrogens is 1. The van der Waals surface area contributed by atoms with Crippen LogP contribution in [0.15, 0.2) is 9.59 Å². The Morgan fingerprint density at radius 3 is 2.42 bits per heavy atom. The van der Waals surface area contributed by atoms with E-state index in [-0.39, 0.29) is 127 Å². The topological polar surface area (TPSA) is 49.9 Å². The summed E-state index contributed by atoms with van der Waals surface area (Å²) in [4.78, 5) is 23.8. The third-order valence-corrected chi connectivity index (χ3v) is 1.96. The van der Waals surface area contributed by atoms with Gasteiger partial charge in [-0.1, -0.05) is 0 Å². The van der Waals surface area contributed by atoms with Crippen LogP contribution in [0.4, 0.5) is 0 Å². The fourth-order valence-electron chi connectivity index (χ4n) is 0.666. The summed E-state index contributed by atoms with van der Waals surface area (Å²) in [5.74, 6) is 0. The first-order chi connectivity index (χ1) is 4.74. The minimum atomic E-state index is -0.262. The molecule has 1 aromatic heterocycles. The number of nitrogens with one attached hydrogen (secondary N) is 1. The van der Waals surface area contributed by atoms with E-state index in [1.165, 1.54) is 0 Å². The third-order valence-electron chi connectivity index (χ3n) is 1.07. The van der Waals surface area contributed by atoms with E-state index < -0.39 is 0 Å². The molecule has 0 saturated heterocycles. The normalized spacial score (nSPS) is 8.42. The molecule has 0 aliphatic rings. The quantitative estimate of drug-likeness (QED) is 0.550. The predicted octanol–water partition coefficient (Wildman–Crippen LogP) is -5.71. The second kappa shape index (κ2) is 9.09. The third kappa shape index (κ3) is 5.66. The average molecular weight is 328 g/mol. The van der Waals surface area contributed by atoms with E-state index >= 15 is 0 Å². The summed E-state index contributed by atoms with van der Waals surface area (Å²) in [6, 6.07) is 0. The summed E-state index contributed by atoms with van der Waals surface area (Å²) < 4.78 is 0. The van der Waals surface area contributed by atoms with E-state index in [2.05, 4.69) is 4.98 Å². The molecule has 0 aliphatic carbocycles. The van der Waals surface area contributed by atoms with Crippen molar-refractivity contribution in [2.45, 2.75) is 13.3 Å². The molecular weight excluding hydrogens is 321 g/mol. The van der Waals surface area contributed by atoms with Gasteiger partial charge in [-0.2, -0.15) is 6.92 Å². The van der Waals surface area contributed by atoms with Crippen molar-refractivity contribution in [1.82, 2.24) is 4.98 Å². The second-order valence-electron chi connectivity index (χ2n) is 1.88. The Balaban J connectivity index is 0. The monoisotopic (exact) mass is 327 g/mol. The molecule has 0 bridgehead atoms. The first kappa shape index (κ1) is 17.2. The zero-order valence-electron chi connectivity index (χ0n) is 7.51. The molecule has 56 valence electrons. The molecule has 6 heteroatoms. The molecule has 1 N–H and O–H groups in total. The van der Waals surface area contributed by atoms with Crippen LogP contribution in [0.5, 0.6) is 0 Å². The van der Waals surface area contributed by atoms with Crippen LogP contribution in [0.2, 0.25) is 0 Å². The standard InChI is InChI=1S/C6H7NO2S.2Rb/c1-2-3-4-5(8)7-6(9)10-4;;/h2H,3H2,1H3,(H,7,8,9);;/q-2;2*+1. The van der Waals surface area contributed by atoms with E-state index in [0.717, 1.165) is 11.3 Å². The van der Waals surface area contributed by atoms with Gasteiger partial charge in [0.05, 0.1) is 0 Å². The molecular formula is C6H7NO2Rb2S. The van der Waals surface area contributed by atoms with Crippen LogP contribution in [0, 0.1) is 6.42 Å². The maximum Gasteiger partial charge on any atom is 1.00 e. The first-order valence-electron chi connectivity index (χ1n) is 2.91. The van der Waals surface area contributed by atoms with Crippen LogP contribution in [0.1, 0.15) is 11.8 Å². The van der Waals surface area contributed by atoms with Crippen molar-refractivity contribution in [3.8, 4) is 0 Å². The summed E-state index contributed by atoms with van der Waals surface area (Å²) in [5, 5.41) is 0.